The molecule has 0 saturated heterocycles. The van der Waals surface area contributed by atoms with Gasteiger partial charge in [-0.3, -0.25) is 4.98 Å². The van der Waals surface area contributed by atoms with Crippen LogP contribution < -0.4 is 4.74 Å². The summed E-state index contributed by atoms with van der Waals surface area (Å²) in [6, 6.07) is 7.00. The quantitative estimate of drug-likeness (QED) is 0.595. The Kier molecular flexibility index (Phi) is 5.40. The smallest absolute Gasteiger partial charge is 0.272 e. The molecular weight excluding hydrogens is 346 g/mol. The van der Waals surface area contributed by atoms with E-state index in [1.165, 1.54) is 12.3 Å². The zero-order valence-corrected chi connectivity index (χ0v) is 15.9. The predicted octanol–water partition coefficient (Wildman–Crippen LogP) is 5.89. The molecule has 2 aromatic rings. The molecule has 0 bridgehead atoms. The number of allylic oxidation sites excluding steroid dienone is 3. The van der Waals surface area contributed by atoms with Crippen LogP contribution in [0.25, 0.3) is 5.57 Å². The second kappa shape index (κ2) is 7.59. The monoisotopic (exact) mass is 370 g/mol. The molecule has 27 heavy (non-hydrogen) atoms. The average Bonchev–Trinajstić information content (AvgIpc) is 2.57. The Bertz CT molecular complexity index is 830. The number of pyridine rings is 2. The number of alkyl halides is 2. The normalized spacial score (nSPS) is 20.1. The lowest BCUT2D eigenvalue weighted by Gasteiger charge is -2.34. The molecule has 1 saturated carbocycles. The molecule has 0 atom stereocenters. The topological polar surface area (TPSA) is 35.0 Å². The maximum absolute atomic E-state index is 13.3. The lowest BCUT2D eigenvalue weighted by Crippen LogP contribution is -2.33. The van der Waals surface area contributed by atoms with Crippen molar-refractivity contribution < 1.29 is 13.5 Å². The van der Waals surface area contributed by atoms with Gasteiger partial charge in [0.15, 0.2) is 0 Å². The third-order valence-corrected chi connectivity index (χ3v) is 4.75. The van der Waals surface area contributed by atoms with Gasteiger partial charge in [0.25, 0.3) is 5.92 Å². The SMILES string of the molecule is C=C(C)/C=C(\C)c1ccc(O[C@H]2C[C@@H](c3ccc(C(C)(F)F)cn3)C2)nc1. The Hall–Kier alpha value is -2.56. The van der Waals surface area contributed by atoms with Crippen molar-refractivity contribution in [3.8, 4) is 5.88 Å². The summed E-state index contributed by atoms with van der Waals surface area (Å²) in [4.78, 5) is 8.57. The van der Waals surface area contributed by atoms with Gasteiger partial charge in [0.05, 0.1) is 0 Å². The van der Waals surface area contributed by atoms with E-state index in [-0.39, 0.29) is 17.6 Å². The van der Waals surface area contributed by atoms with E-state index in [2.05, 4.69) is 16.5 Å². The van der Waals surface area contributed by atoms with Gasteiger partial charge in [-0.15, -0.1) is 0 Å². The fourth-order valence-corrected chi connectivity index (χ4v) is 3.12. The highest BCUT2D eigenvalue weighted by atomic mass is 19.3. The van der Waals surface area contributed by atoms with Gasteiger partial charge in [-0.2, -0.15) is 0 Å². The van der Waals surface area contributed by atoms with Crippen molar-refractivity contribution in [2.45, 2.75) is 51.6 Å². The molecule has 0 aromatic carbocycles. The van der Waals surface area contributed by atoms with Crippen molar-refractivity contribution in [1.29, 1.82) is 0 Å². The molecule has 0 aliphatic heterocycles. The number of halogens is 2. The number of hydrogen-bond acceptors (Lipinski definition) is 3. The first-order valence-corrected chi connectivity index (χ1v) is 9.03. The second-order valence-corrected chi connectivity index (χ2v) is 7.33. The number of hydrogen-bond donors (Lipinski definition) is 0. The Balaban J connectivity index is 1.54. The van der Waals surface area contributed by atoms with E-state index in [0.29, 0.717) is 5.88 Å². The lowest BCUT2D eigenvalue weighted by molar-refractivity contribution is 0.0170. The van der Waals surface area contributed by atoms with Gasteiger partial charge in [0, 0.05) is 42.6 Å². The molecule has 0 amide bonds. The minimum atomic E-state index is -2.85. The van der Waals surface area contributed by atoms with Crippen molar-refractivity contribution >= 4 is 5.57 Å². The van der Waals surface area contributed by atoms with Crippen LogP contribution in [0.4, 0.5) is 8.78 Å². The van der Waals surface area contributed by atoms with Gasteiger partial charge in [-0.1, -0.05) is 18.2 Å². The zero-order valence-electron chi connectivity index (χ0n) is 15.9. The van der Waals surface area contributed by atoms with E-state index >= 15 is 0 Å². The summed E-state index contributed by atoms with van der Waals surface area (Å²) in [5.41, 5.74) is 3.93. The van der Waals surface area contributed by atoms with Crippen molar-refractivity contribution in [1.82, 2.24) is 9.97 Å². The van der Waals surface area contributed by atoms with Crippen molar-refractivity contribution in [3.05, 3.63) is 71.7 Å². The van der Waals surface area contributed by atoms with Gasteiger partial charge < -0.3 is 4.74 Å². The third-order valence-electron chi connectivity index (χ3n) is 4.75. The summed E-state index contributed by atoms with van der Waals surface area (Å²) >= 11 is 0. The summed E-state index contributed by atoms with van der Waals surface area (Å²) in [5.74, 6) is -2.01. The maximum atomic E-state index is 13.3. The summed E-state index contributed by atoms with van der Waals surface area (Å²) < 4.78 is 32.4. The van der Waals surface area contributed by atoms with Crippen LogP contribution >= 0.6 is 0 Å². The van der Waals surface area contributed by atoms with Crippen LogP contribution in [-0.4, -0.2) is 16.1 Å². The highest BCUT2D eigenvalue weighted by molar-refractivity contribution is 5.65. The van der Waals surface area contributed by atoms with Crippen molar-refractivity contribution in [2.75, 3.05) is 0 Å². The Morgan fingerprint density at radius 1 is 1.15 bits per heavy atom. The predicted molar refractivity (Wildman–Crippen MR) is 103 cm³/mol. The standard InChI is InChI=1S/C22H24F2N2O/c1-14(2)9-15(3)16-5-8-21(26-12-16)27-19-10-17(11-19)20-7-6-18(13-25-20)22(4,23)24/h5-9,12-13,17,19H,1,10-11H2,2-4H3/b15-9+/t17-,19+. The van der Waals surface area contributed by atoms with Gasteiger partial charge in [-0.05, 0) is 56.0 Å². The van der Waals surface area contributed by atoms with Crippen LogP contribution in [-0.2, 0) is 5.92 Å². The van der Waals surface area contributed by atoms with Gasteiger partial charge >= 0.3 is 0 Å². The summed E-state index contributed by atoms with van der Waals surface area (Å²) in [6.45, 7) is 8.74. The summed E-state index contributed by atoms with van der Waals surface area (Å²) in [6.07, 6.45) is 6.78. The molecule has 5 heteroatoms. The molecule has 0 spiro atoms. The van der Waals surface area contributed by atoms with Crippen LogP contribution in [0.15, 0.2) is 54.9 Å². The molecule has 142 valence electrons. The number of nitrogens with zero attached hydrogens (tertiary/aromatic N) is 2. The van der Waals surface area contributed by atoms with E-state index in [0.717, 1.165) is 42.2 Å². The first-order valence-electron chi connectivity index (χ1n) is 9.03. The zero-order chi connectivity index (χ0) is 19.6. The van der Waals surface area contributed by atoms with Crippen LogP contribution in [0.5, 0.6) is 5.88 Å². The molecule has 2 aromatic heterocycles. The molecule has 1 fully saturated rings. The van der Waals surface area contributed by atoms with Crippen LogP contribution in [0.3, 0.4) is 0 Å². The van der Waals surface area contributed by atoms with Gasteiger partial charge in [0.1, 0.15) is 6.10 Å². The van der Waals surface area contributed by atoms with Crippen molar-refractivity contribution in [2.24, 2.45) is 0 Å². The van der Waals surface area contributed by atoms with E-state index in [1.807, 2.05) is 32.1 Å². The largest absolute Gasteiger partial charge is 0.474 e. The van der Waals surface area contributed by atoms with Crippen LogP contribution in [0.2, 0.25) is 0 Å². The fourth-order valence-electron chi connectivity index (χ4n) is 3.12. The molecular formula is C22H24F2N2O. The van der Waals surface area contributed by atoms with Gasteiger partial charge in [0.2, 0.25) is 5.88 Å². The lowest BCUT2D eigenvalue weighted by atomic mass is 9.79. The highest BCUT2D eigenvalue weighted by Gasteiger charge is 2.34. The molecule has 0 N–H and O–H groups in total. The third kappa shape index (κ3) is 4.79. The number of aromatic nitrogens is 2. The van der Waals surface area contributed by atoms with Crippen LogP contribution in [0, 0.1) is 0 Å². The Morgan fingerprint density at radius 2 is 1.89 bits per heavy atom. The van der Waals surface area contributed by atoms with E-state index in [1.54, 1.807) is 12.3 Å². The molecule has 1 aliphatic rings. The van der Waals surface area contributed by atoms with E-state index in [4.69, 9.17) is 4.74 Å². The molecule has 0 unspecified atom stereocenters. The second-order valence-electron chi connectivity index (χ2n) is 7.33. The first kappa shape index (κ1) is 19.2. The molecule has 2 heterocycles. The Morgan fingerprint density at radius 3 is 2.41 bits per heavy atom. The minimum Gasteiger partial charge on any atom is -0.474 e. The van der Waals surface area contributed by atoms with Gasteiger partial charge in [-0.25, -0.2) is 13.8 Å². The number of ether oxygens (including phenoxy) is 1. The molecule has 0 radical (unpaired) electrons. The summed E-state index contributed by atoms with van der Waals surface area (Å²) in [5, 5.41) is 0. The fraction of sp³-hybridized carbons (Fsp3) is 0.364. The van der Waals surface area contributed by atoms with E-state index in [9.17, 15) is 8.78 Å². The first-order chi connectivity index (χ1) is 12.7. The average molecular weight is 370 g/mol. The summed E-state index contributed by atoms with van der Waals surface area (Å²) in [7, 11) is 0. The van der Waals surface area contributed by atoms with Crippen molar-refractivity contribution in [3.63, 3.8) is 0 Å². The molecule has 3 rings (SSSR count). The molecule has 3 nitrogen and oxygen atoms in total. The van der Waals surface area contributed by atoms with E-state index < -0.39 is 5.92 Å². The Labute approximate surface area is 158 Å². The minimum absolute atomic E-state index is 0.0568. The highest BCUT2D eigenvalue weighted by Crippen LogP contribution is 2.38. The number of rotatable bonds is 6. The molecule has 1 aliphatic carbocycles. The maximum Gasteiger partial charge on any atom is 0.272 e. The van der Waals surface area contributed by atoms with Crippen LogP contribution in [0.1, 0.15) is 56.4 Å².